The number of hydrogen-bond donors (Lipinski definition) is 2. The summed E-state index contributed by atoms with van der Waals surface area (Å²) < 4.78 is 0. The molecule has 0 saturated carbocycles. The lowest BCUT2D eigenvalue weighted by atomic mass is 10.0. The molecule has 0 spiro atoms. The fourth-order valence-electron chi connectivity index (χ4n) is 3.87. The van der Waals surface area contributed by atoms with E-state index in [9.17, 15) is 4.79 Å². The number of nitrogens with one attached hydrogen (secondary N) is 1. The van der Waals surface area contributed by atoms with E-state index >= 15 is 0 Å². The molecule has 3 heterocycles. The van der Waals surface area contributed by atoms with Gasteiger partial charge in [0.15, 0.2) is 0 Å². The van der Waals surface area contributed by atoms with Crippen LogP contribution in [0.1, 0.15) is 24.0 Å². The van der Waals surface area contributed by atoms with E-state index in [4.69, 9.17) is 11.0 Å². The number of carbonyl (C=O) groups excluding carboxylic acids is 1. The number of piperidine rings is 1. The summed E-state index contributed by atoms with van der Waals surface area (Å²) in [6.07, 6.45) is 4.15. The third-order valence-electron chi connectivity index (χ3n) is 5.41. The predicted octanol–water partition coefficient (Wildman–Crippen LogP) is 2.59. The van der Waals surface area contributed by atoms with Gasteiger partial charge in [-0.2, -0.15) is 5.26 Å². The van der Waals surface area contributed by atoms with Crippen molar-refractivity contribution in [1.29, 1.82) is 5.26 Å². The zero-order valence-electron chi connectivity index (χ0n) is 15.1. The summed E-state index contributed by atoms with van der Waals surface area (Å²) in [5, 5.41) is 12.2. The number of nitrogens with zero attached hydrogens (tertiary/aromatic N) is 4. The number of nitrogens with two attached hydrogens (primary N) is 1. The second kappa shape index (κ2) is 7.16. The van der Waals surface area contributed by atoms with Crippen LogP contribution in [0.15, 0.2) is 36.5 Å². The molecule has 3 N–H and O–H groups in total. The number of aromatic nitrogens is 1. The Labute approximate surface area is 158 Å². The number of nitriles is 1. The number of carbonyl (C=O) groups is 1. The Morgan fingerprint density at radius 2 is 2.00 bits per heavy atom. The van der Waals surface area contributed by atoms with E-state index in [0.717, 1.165) is 50.4 Å². The predicted molar refractivity (Wildman–Crippen MR) is 104 cm³/mol. The summed E-state index contributed by atoms with van der Waals surface area (Å²) in [4.78, 5) is 21.2. The molecule has 7 heteroatoms. The average molecular weight is 362 g/mol. The molecule has 27 heavy (non-hydrogen) atoms. The van der Waals surface area contributed by atoms with Crippen LogP contribution in [-0.2, 0) is 6.42 Å². The fourth-order valence-corrected chi connectivity index (χ4v) is 3.87. The van der Waals surface area contributed by atoms with Crippen molar-refractivity contribution in [3.63, 3.8) is 0 Å². The van der Waals surface area contributed by atoms with Gasteiger partial charge in [-0.25, -0.2) is 9.78 Å². The molecule has 0 atom stereocenters. The van der Waals surface area contributed by atoms with Crippen LogP contribution in [0.4, 0.5) is 22.0 Å². The van der Waals surface area contributed by atoms with Gasteiger partial charge in [0.2, 0.25) is 0 Å². The summed E-state index contributed by atoms with van der Waals surface area (Å²) in [6.45, 7) is 2.32. The van der Waals surface area contributed by atoms with E-state index in [1.807, 2.05) is 23.1 Å². The molecule has 1 aromatic carbocycles. The third kappa shape index (κ3) is 3.38. The van der Waals surface area contributed by atoms with E-state index in [1.54, 1.807) is 12.3 Å². The maximum atomic E-state index is 12.7. The normalized spacial score (nSPS) is 17.7. The van der Waals surface area contributed by atoms with Crippen LogP contribution < -0.4 is 16.0 Å². The van der Waals surface area contributed by atoms with Crippen molar-refractivity contribution >= 4 is 23.2 Å². The van der Waals surface area contributed by atoms with Crippen LogP contribution in [0.2, 0.25) is 0 Å². The quantitative estimate of drug-likeness (QED) is 0.856. The first-order chi connectivity index (χ1) is 13.2. The monoisotopic (exact) mass is 362 g/mol. The molecule has 1 aromatic heterocycles. The lowest BCUT2D eigenvalue weighted by molar-refractivity contribution is 0.177. The second-order valence-electron chi connectivity index (χ2n) is 6.99. The van der Waals surface area contributed by atoms with Gasteiger partial charge in [0.1, 0.15) is 11.9 Å². The standard InChI is InChI=1S/C20H22N6O/c21-12-15-11-19(23-13-17(15)22)25-8-6-16(7-9-25)26-10-5-14-3-1-2-4-18(14)24-20(26)27/h1-4,11,13,16H,5-10,22H2,(H,24,27). The van der Waals surface area contributed by atoms with Crippen LogP contribution in [0.3, 0.4) is 0 Å². The number of nitrogen functional groups attached to an aromatic ring is 1. The fraction of sp³-hybridized carbons (Fsp3) is 0.350. The first-order valence-corrected chi connectivity index (χ1v) is 9.22. The molecule has 4 rings (SSSR count). The molecule has 2 aliphatic rings. The molecule has 0 bridgehead atoms. The van der Waals surface area contributed by atoms with Crippen molar-refractivity contribution in [2.75, 3.05) is 35.6 Å². The SMILES string of the molecule is N#Cc1cc(N2CCC(N3CCc4ccccc4NC3=O)CC2)ncc1N. The minimum absolute atomic E-state index is 0.0178. The number of fused-ring (bicyclic) bond motifs is 1. The topological polar surface area (TPSA) is 98.3 Å². The minimum atomic E-state index is -0.0178. The van der Waals surface area contributed by atoms with Crippen molar-refractivity contribution in [3.8, 4) is 6.07 Å². The van der Waals surface area contributed by atoms with Crippen LogP contribution >= 0.6 is 0 Å². The zero-order chi connectivity index (χ0) is 18.8. The number of amides is 2. The summed E-state index contributed by atoms with van der Waals surface area (Å²) in [5.74, 6) is 0.770. The highest BCUT2D eigenvalue weighted by Crippen LogP contribution is 2.26. The Kier molecular flexibility index (Phi) is 4.55. The highest BCUT2D eigenvalue weighted by Gasteiger charge is 2.30. The average Bonchev–Trinajstić information content (AvgIpc) is 2.87. The lowest BCUT2D eigenvalue weighted by Crippen LogP contribution is -2.49. The van der Waals surface area contributed by atoms with E-state index in [-0.39, 0.29) is 12.1 Å². The third-order valence-corrected chi connectivity index (χ3v) is 5.41. The summed E-state index contributed by atoms with van der Waals surface area (Å²) in [6, 6.07) is 12.0. The van der Waals surface area contributed by atoms with Crippen molar-refractivity contribution in [2.45, 2.75) is 25.3 Å². The molecule has 1 saturated heterocycles. The second-order valence-corrected chi connectivity index (χ2v) is 6.99. The van der Waals surface area contributed by atoms with Crippen LogP contribution in [0.25, 0.3) is 0 Å². The Morgan fingerprint density at radius 3 is 2.78 bits per heavy atom. The highest BCUT2D eigenvalue weighted by molar-refractivity contribution is 5.91. The number of hydrogen-bond acceptors (Lipinski definition) is 5. The lowest BCUT2D eigenvalue weighted by Gasteiger charge is -2.38. The van der Waals surface area contributed by atoms with Gasteiger partial charge in [0, 0.05) is 37.4 Å². The molecule has 0 radical (unpaired) electrons. The first-order valence-electron chi connectivity index (χ1n) is 9.22. The molecule has 2 amide bonds. The Hall–Kier alpha value is -3.27. The van der Waals surface area contributed by atoms with Gasteiger partial charge in [0.05, 0.1) is 17.4 Å². The van der Waals surface area contributed by atoms with Crippen molar-refractivity contribution in [2.24, 2.45) is 0 Å². The Balaban J connectivity index is 1.42. The van der Waals surface area contributed by atoms with Gasteiger partial charge in [-0.3, -0.25) is 0 Å². The number of anilines is 3. The highest BCUT2D eigenvalue weighted by atomic mass is 16.2. The molecule has 138 valence electrons. The summed E-state index contributed by atoms with van der Waals surface area (Å²) >= 11 is 0. The van der Waals surface area contributed by atoms with Crippen molar-refractivity contribution in [3.05, 3.63) is 47.7 Å². The van der Waals surface area contributed by atoms with E-state index < -0.39 is 0 Å². The molecule has 1 fully saturated rings. The maximum Gasteiger partial charge on any atom is 0.322 e. The van der Waals surface area contributed by atoms with Gasteiger partial charge >= 0.3 is 6.03 Å². The van der Waals surface area contributed by atoms with Crippen molar-refractivity contribution in [1.82, 2.24) is 9.88 Å². The molecule has 0 unspecified atom stereocenters. The molecule has 7 nitrogen and oxygen atoms in total. The largest absolute Gasteiger partial charge is 0.396 e. The van der Waals surface area contributed by atoms with Crippen LogP contribution in [0.5, 0.6) is 0 Å². The molecule has 2 aliphatic heterocycles. The zero-order valence-corrected chi connectivity index (χ0v) is 15.1. The van der Waals surface area contributed by atoms with Crippen LogP contribution in [-0.4, -0.2) is 41.6 Å². The van der Waals surface area contributed by atoms with Gasteiger partial charge < -0.3 is 20.9 Å². The number of pyridine rings is 1. The van der Waals surface area contributed by atoms with E-state index in [0.29, 0.717) is 11.3 Å². The van der Waals surface area contributed by atoms with Gasteiger partial charge in [-0.05, 0) is 30.9 Å². The number of benzene rings is 1. The molecule has 0 aliphatic carbocycles. The first kappa shape index (κ1) is 17.2. The van der Waals surface area contributed by atoms with Crippen molar-refractivity contribution < 1.29 is 4.79 Å². The minimum Gasteiger partial charge on any atom is -0.396 e. The molecular formula is C20H22N6O. The Bertz CT molecular complexity index is 898. The number of para-hydroxylation sites is 1. The van der Waals surface area contributed by atoms with E-state index in [2.05, 4.69) is 27.3 Å². The molecule has 2 aromatic rings. The number of rotatable bonds is 2. The Morgan fingerprint density at radius 1 is 1.22 bits per heavy atom. The summed E-state index contributed by atoms with van der Waals surface area (Å²) in [5.41, 5.74) is 8.71. The van der Waals surface area contributed by atoms with Gasteiger partial charge in [-0.1, -0.05) is 18.2 Å². The van der Waals surface area contributed by atoms with E-state index in [1.165, 1.54) is 5.56 Å². The molecular weight excluding hydrogens is 340 g/mol. The smallest absolute Gasteiger partial charge is 0.322 e. The van der Waals surface area contributed by atoms with Crippen LogP contribution in [0, 0.1) is 11.3 Å². The summed E-state index contributed by atoms with van der Waals surface area (Å²) in [7, 11) is 0. The van der Waals surface area contributed by atoms with Gasteiger partial charge in [-0.15, -0.1) is 0 Å². The number of urea groups is 1. The van der Waals surface area contributed by atoms with Gasteiger partial charge in [0.25, 0.3) is 0 Å². The maximum absolute atomic E-state index is 12.7.